The summed E-state index contributed by atoms with van der Waals surface area (Å²) >= 11 is 3.51. The zero-order valence-corrected chi connectivity index (χ0v) is 13.9. The van der Waals surface area contributed by atoms with Crippen molar-refractivity contribution in [3.8, 4) is 11.5 Å². The van der Waals surface area contributed by atoms with E-state index in [0.29, 0.717) is 17.9 Å². The monoisotopic (exact) mass is 358 g/mol. The molecule has 0 N–H and O–H groups in total. The van der Waals surface area contributed by atoms with E-state index in [1.54, 1.807) is 14.2 Å². The van der Waals surface area contributed by atoms with Crippen molar-refractivity contribution in [2.75, 3.05) is 14.2 Å². The molecule has 0 saturated carbocycles. The number of Topliss-reactive ketones (excluding diaryl/α,β-unsaturated/α-hetero) is 1. The van der Waals surface area contributed by atoms with Crippen LogP contribution in [0.3, 0.4) is 0 Å². The zero-order chi connectivity index (χ0) is 15.7. The molecular weight excluding hydrogens is 344 g/mol. The molecular formula is C18H15BrO3. The first kappa shape index (κ1) is 14.9. The summed E-state index contributed by atoms with van der Waals surface area (Å²) in [6.07, 6.45) is 2.51. The third-order valence-corrected chi connectivity index (χ3v) is 4.53. The third kappa shape index (κ3) is 2.44. The van der Waals surface area contributed by atoms with Gasteiger partial charge in [0.2, 0.25) is 0 Å². The topological polar surface area (TPSA) is 35.5 Å². The molecule has 0 unspecified atom stereocenters. The first-order valence-corrected chi connectivity index (χ1v) is 7.68. The number of ketones is 1. The van der Waals surface area contributed by atoms with E-state index in [9.17, 15) is 4.79 Å². The molecule has 3 nitrogen and oxygen atoms in total. The number of allylic oxidation sites excluding steroid dienone is 1. The Hall–Kier alpha value is -2.07. The van der Waals surface area contributed by atoms with Gasteiger partial charge in [0.25, 0.3) is 0 Å². The normalized spacial score (nSPS) is 15.0. The van der Waals surface area contributed by atoms with Crippen LogP contribution in [0.15, 0.2) is 46.4 Å². The number of benzene rings is 2. The molecule has 0 amide bonds. The molecule has 112 valence electrons. The van der Waals surface area contributed by atoms with E-state index in [0.717, 1.165) is 26.7 Å². The Kier molecular flexibility index (Phi) is 4.03. The molecule has 0 saturated heterocycles. The van der Waals surface area contributed by atoms with Gasteiger partial charge >= 0.3 is 0 Å². The van der Waals surface area contributed by atoms with Crippen molar-refractivity contribution in [1.29, 1.82) is 0 Å². The van der Waals surface area contributed by atoms with Gasteiger partial charge in [-0.05, 0) is 23.8 Å². The number of hydrogen-bond donors (Lipinski definition) is 0. The van der Waals surface area contributed by atoms with Gasteiger partial charge in [-0.15, -0.1) is 0 Å². The Labute approximate surface area is 137 Å². The number of halogens is 1. The van der Waals surface area contributed by atoms with E-state index >= 15 is 0 Å². The Bertz CT molecular complexity index is 778. The van der Waals surface area contributed by atoms with Crippen LogP contribution in [0.2, 0.25) is 0 Å². The molecule has 0 heterocycles. The second-order valence-corrected chi connectivity index (χ2v) is 5.88. The number of rotatable bonds is 3. The van der Waals surface area contributed by atoms with Crippen LogP contribution >= 0.6 is 15.9 Å². The van der Waals surface area contributed by atoms with Gasteiger partial charge in [0.1, 0.15) is 0 Å². The number of para-hydroxylation sites is 1. The van der Waals surface area contributed by atoms with E-state index in [2.05, 4.69) is 15.9 Å². The maximum atomic E-state index is 12.5. The van der Waals surface area contributed by atoms with Crippen LogP contribution < -0.4 is 9.47 Å². The van der Waals surface area contributed by atoms with E-state index < -0.39 is 0 Å². The maximum absolute atomic E-state index is 12.5. The van der Waals surface area contributed by atoms with Crippen molar-refractivity contribution < 1.29 is 14.3 Å². The van der Waals surface area contributed by atoms with E-state index in [1.165, 1.54) is 0 Å². The zero-order valence-electron chi connectivity index (χ0n) is 12.4. The molecule has 1 aliphatic carbocycles. The van der Waals surface area contributed by atoms with Gasteiger partial charge in [0, 0.05) is 27.6 Å². The highest BCUT2D eigenvalue weighted by Crippen LogP contribution is 2.36. The molecule has 0 radical (unpaired) electrons. The first-order valence-electron chi connectivity index (χ1n) is 6.89. The molecule has 3 rings (SSSR count). The summed E-state index contributed by atoms with van der Waals surface area (Å²) in [6, 6.07) is 11.3. The van der Waals surface area contributed by atoms with Crippen LogP contribution in [0.5, 0.6) is 11.5 Å². The van der Waals surface area contributed by atoms with E-state index in [-0.39, 0.29) is 5.78 Å². The lowest BCUT2D eigenvalue weighted by atomic mass is 10.1. The van der Waals surface area contributed by atoms with Crippen molar-refractivity contribution in [3.05, 3.63) is 63.1 Å². The molecule has 2 aromatic carbocycles. The summed E-state index contributed by atoms with van der Waals surface area (Å²) in [5.41, 5.74) is 3.41. The summed E-state index contributed by atoms with van der Waals surface area (Å²) in [6.45, 7) is 0. The van der Waals surface area contributed by atoms with Crippen LogP contribution in [-0.2, 0) is 6.42 Å². The number of ether oxygens (including phenoxy) is 2. The van der Waals surface area contributed by atoms with Gasteiger partial charge in [0.15, 0.2) is 17.3 Å². The summed E-state index contributed by atoms with van der Waals surface area (Å²) in [5, 5.41) is 0. The molecule has 0 aliphatic heterocycles. The average Bonchev–Trinajstić information content (AvgIpc) is 2.85. The highest BCUT2D eigenvalue weighted by atomic mass is 79.9. The van der Waals surface area contributed by atoms with Crippen LogP contribution in [-0.4, -0.2) is 20.0 Å². The lowest BCUT2D eigenvalue weighted by Gasteiger charge is -2.10. The standard InChI is InChI=1S/C18H15BrO3/c1-21-16-8-3-5-11(18(16)22-2)9-12-10-14-13(17(12)20)6-4-7-15(14)19/h3-9H,10H2,1-2H3/b12-9+. The fraction of sp³-hybridized carbons (Fsp3) is 0.167. The highest BCUT2D eigenvalue weighted by molar-refractivity contribution is 9.10. The summed E-state index contributed by atoms with van der Waals surface area (Å²) < 4.78 is 11.7. The number of carbonyl (C=O) groups excluding carboxylic acids is 1. The van der Waals surface area contributed by atoms with Gasteiger partial charge < -0.3 is 9.47 Å². The Balaban J connectivity index is 2.06. The predicted octanol–water partition coefficient (Wildman–Crippen LogP) is 4.29. The third-order valence-electron chi connectivity index (χ3n) is 3.79. The Morgan fingerprint density at radius 2 is 1.86 bits per heavy atom. The minimum absolute atomic E-state index is 0.0705. The minimum Gasteiger partial charge on any atom is -0.493 e. The molecule has 0 fully saturated rings. The van der Waals surface area contributed by atoms with Crippen molar-refractivity contribution >= 4 is 27.8 Å². The van der Waals surface area contributed by atoms with Gasteiger partial charge in [0.05, 0.1) is 14.2 Å². The van der Waals surface area contributed by atoms with Crippen LogP contribution in [0.4, 0.5) is 0 Å². The smallest absolute Gasteiger partial charge is 0.189 e. The lowest BCUT2D eigenvalue weighted by molar-refractivity contribution is 0.104. The van der Waals surface area contributed by atoms with Crippen LogP contribution in [0, 0.1) is 0 Å². The fourth-order valence-corrected chi connectivity index (χ4v) is 3.23. The first-order chi connectivity index (χ1) is 10.7. The second-order valence-electron chi connectivity index (χ2n) is 5.02. The quantitative estimate of drug-likeness (QED) is 0.767. The maximum Gasteiger partial charge on any atom is 0.189 e. The number of carbonyl (C=O) groups is 1. The summed E-state index contributed by atoms with van der Waals surface area (Å²) in [5.74, 6) is 1.36. The molecule has 0 bridgehead atoms. The lowest BCUT2D eigenvalue weighted by Crippen LogP contribution is -1.97. The van der Waals surface area contributed by atoms with Crippen molar-refractivity contribution in [2.45, 2.75) is 6.42 Å². The van der Waals surface area contributed by atoms with Crippen molar-refractivity contribution in [3.63, 3.8) is 0 Å². The summed E-state index contributed by atoms with van der Waals surface area (Å²) in [7, 11) is 3.20. The van der Waals surface area contributed by atoms with Crippen LogP contribution in [0.25, 0.3) is 6.08 Å². The molecule has 0 atom stereocenters. The SMILES string of the molecule is COc1cccc(/C=C2\Cc3c(Br)cccc3C2=O)c1OC. The molecule has 1 aliphatic rings. The Morgan fingerprint density at radius 3 is 2.55 bits per heavy atom. The molecule has 22 heavy (non-hydrogen) atoms. The Morgan fingerprint density at radius 1 is 1.09 bits per heavy atom. The number of methoxy groups -OCH3 is 2. The molecule has 0 aromatic heterocycles. The number of fused-ring (bicyclic) bond motifs is 1. The van der Waals surface area contributed by atoms with Crippen molar-refractivity contribution in [2.24, 2.45) is 0 Å². The summed E-state index contributed by atoms with van der Waals surface area (Å²) in [4.78, 5) is 12.5. The largest absolute Gasteiger partial charge is 0.493 e. The average molecular weight is 359 g/mol. The molecule has 2 aromatic rings. The van der Waals surface area contributed by atoms with Gasteiger partial charge in [-0.25, -0.2) is 0 Å². The minimum atomic E-state index is 0.0705. The number of hydrogen-bond acceptors (Lipinski definition) is 3. The molecule has 0 spiro atoms. The van der Waals surface area contributed by atoms with Gasteiger partial charge in [-0.1, -0.05) is 40.2 Å². The second kappa shape index (κ2) is 5.97. The molecule has 4 heteroatoms. The van der Waals surface area contributed by atoms with E-state index in [4.69, 9.17) is 9.47 Å². The van der Waals surface area contributed by atoms with Crippen molar-refractivity contribution in [1.82, 2.24) is 0 Å². The fourth-order valence-electron chi connectivity index (χ4n) is 2.72. The predicted molar refractivity (Wildman–Crippen MR) is 89.7 cm³/mol. The van der Waals surface area contributed by atoms with E-state index in [1.807, 2.05) is 42.5 Å². The highest BCUT2D eigenvalue weighted by Gasteiger charge is 2.26. The van der Waals surface area contributed by atoms with Gasteiger partial charge in [-0.2, -0.15) is 0 Å². The van der Waals surface area contributed by atoms with Gasteiger partial charge in [-0.3, -0.25) is 4.79 Å². The van der Waals surface area contributed by atoms with Crippen LogP contribution in [0.1, 0.15) is 21.5 Å².